The topological polar surface area (TPSA) is 38.7 Å². The third-order valence-electron chi connectivity index (χ3n) is 4.21. The van der Waals surface area contributed by atoms with Crippen molar-refractivity contribution in [3.8, 4) is 0 Å². The Morgan fingerprint density at radius 3 is 2.00 bits per heavy atom. The average molecular weight is 297 g/mol. The number of halogens is 1. The molecule has 0 unspecified atom stereocenters. The van der Waals surface area contributed by atoms with Crippen molar-refractivity contribution < 1.29 is 14.4 Å². The van der Waals surface area contributed by atoms with Gasteiger partial charge in [0.1, 0.15) is 0 Å². The first kappa shape index (κ1) is 15.8. The zero-order valence-corrected chi connectivity index (χ0v) is 13.7. The lowest BCUT2D eigenvalue weighted by Crippen LogP contribution is -2.41. The van der Waals surface area contributed by atoms with E-state index in [9.17, 15) is 5.11 Å². The summed E-state index contributed by atoms with van der Waals surface area (Å²) in [5.41, 5.74) is -0.148. The van der Waals surface area contributed by atoms with Crippen molar-refractivity contribution >= 4 is 24.2 Å². The van der Waals surface area contributed by atoms with Crippen LogP contribution in [0.25, 0.3) is 0 Å². The molecule has 0 atom stereocenters. The van der Waals surface area contributed by atoms with Crippen molar-refractivity contribution in [2.45, 2.75) is 58.3 Å². The number of hydrogen-bond acceptors (Lipinski definition) is 3. The van der Waals surface area contributed by atoms with Crippen LogP contribution in [0.4, 0.5) is 0 Å². The molecule has 0 spiro atoms. The van der Waals surface area contributed by atoms with Crippen molar-refractivity contribution in [2.75, 3.05) is 0 Å². The second-order valence-corrected chi connectivity index (χ2v) is 7.29. The fourth-order valence-electron chi connectivity index (χ4n) is 2.07. The van der Waals surface area contributed by atoms with Crippen LogP contribution in [0.5, 0.6) is 0 Å². The van der Waals surface area contributed by atoms with Crippen molar-refractivity contribution in [3.05, 3.63) is 28.8 Å². The van der Waals surface area contributed by atoms with Crippen LogP contribution in [-0.2, 0) is 14.9 Å². The van der Waals surface area contributed by atoms with Gasteiger partial charge in [-0.2, -0.15) is 0 Å². The number of benzene rings is 1. The van der Waals surface area contributed by atoms with Gasteiger partial charge in [-0.05, 0) is 53.2 Å². The SMILES string of the molecule is CC(C)(O)c1ccc(B2OC(C)(C)C(C)(C)O2)c(Cl)c1. The van der Waals surface area contributed by atoms with Gasteiger partial charge >= 0.3 is 7.12 Å². The summed E-state index contributed by atoms with van der Waals surface area (Å²) in [7, 11) is -0.483. The molecule has 110 valence electrons. The van der Waals surface area contributed by atoms with Gasteiger partial charge in [-0.25, -0.2) is 0 Å². The highest BCUT2D eigenvalue weighted by Crippen LogP contribution is 2.37. The van der Waals surface area contributed by atoms with E-state index in [1.807, 2.05) is 39.8 Å². The summed E-state index contributed by atoms with van der Waals surface area (Å²) in [6.07, 6.45) is 0. The fourth-order valence-corrected chi connectivity index (χ4v) is 2.34. The van der Waals surface area contributed by atoms with Crippen molar-refractivity contribution in [1.29, 1.82) is 0 Å². The molecule has 3 nitrogen and oxygen atoms in total. The molecular formula is C15H22BClO3. The van der Waals surface area contributed by atoms with Gasteiger partial charge in [0.2, 0.25) is 0 Å². The van der Waals surface area contributed by atoms with Crippen molar-refractivity contribution in [2.24, 2.45) is 0 Å². The Morgan fingerprint density at radius 2 is 1.60 bits per heavy atom. The Hall–Kier alpha value is -0.545. The lowest BCUT2D eigenvalue weighted by molar-refractivity contribution is 0.00578. The van der Waals surface area contributed by atoms with Gasteiger partial charge in [0, 0.05) is 10.5 Å². The lowest BCUT2D eigenvalue weighted by Gasteiger charge is -2.32. The Morgan fingerprint density at radius 1 is 1.10 bits per heavy atom. The van der Waals surface area contributed by atoms with E-state index in [0.29, 0.717) is 5.02 Å². The maximum absolute atomic E-state index is 10.0. The van der Waals surface area contributed by atoms with Gasteiger partial charge in [0.25, 0.3) is 0 Å². The molecule has 0 bridgehead atoms. The fraction of sp³-hybridized carbons (Fsp3) is 0.600. The van der Waals surface area contributed by atoms with E-state index in [1.165, 1.54) is 0 Å². The average Bonchev–Trinajstić information content (AvgIpc) is 2.46. The molecule has 1 aromatic rings. The second kappa shape index (κ2) is 4.74. The molecule has 1 aliphatic rings. The summed E-state index contributed by atoms with van der Waals surface area (Å²) in [4.78, 5) is 0. The second-order valence-electron chi connectivity index (χ2n) is 6.88. The molecule has 1 aromatic carbocycles. The molecule has 0 aliphatic carbocycles. The molecule has 5 heteroatoms. The first-order valence-corrected chi connectivity index (χ1v) is 7.20. The van der Waals surface area contributed by atoms with Crippen LogP contribution in [-0.4, -0.2) is 23.4 Å². The number of hydrogen-bond donors (Lipinski definition) is 1. The Kier molecular flexibility index (Phi) is 3.75. The minimum atomic E-state index is -0.919. The Labute approximate surface area is 126 Å². The van der Waals surface area contributed by atoms with E-state index in [1.54, 1.807) is 19.9 Å². The number of rotatable bonds is 2. The van der Waals surface area contributed by atoms with E-state index in [2.05, 4.69) is 0 Å². The predicted octanol–water partition coefficient (Wildman–Crippen LogP) is 2.87. The highest BCUT2D eigenvalue weighted by atomic mass is 35.5. The van der Waals surface area contributed by atoms with Gasteiger partial charge in [-0.1, -0.05) is 23.7 Å². The van der Waals surface area contributed by atoms with Gasteiger partial charge in [0.15, 0.2) is 0 Å². The van der Waals surface area contributed by atoms with Crippen LogP contribution in [0, 0.1) is 0 Å². The summed E-state index contributed by atoms with van der Waals surface area (Å²) in [5.74, 6) is 0. The summed E-state index contributed by atoms with van der Waals surface area (Å²) >= 11 is 6.33. The molecule has 20 heavy (non-hydrogen) atoms. The molecule has 0 amide bonds. The lowest BCUT2D eigenvalue weighted by atomic mass is 9.78. The van der Waals surface area contributed by atoms with Crippen LogP contribution < -0.4 is 5.46 Å². The molecule has 1 aliphatic heterocycles. The molecule has 1 fully saturated rings. The van der Waals surface area contributed by atoms with Crippen LogP contribution >= 0.6 is 11.6 Å². The molecule has 2 rings (SSSR count). The minimum Gasteiger partial charge on any atom is -0.399 e. The molecule has 1 heterocycles. The van der Waals surface area contributed by atoms with Crippen LogP contribution in [0.1, 0.15) is 47.1 Å². The predicted molar refractivity (Wildman–Crippen MR) is 82.4 cm³/mol. The van der Waals surface area contributed by atoms with Gasteiger partial charge in [-0.3, -0.25) is 0 Å². The van der Waals surface area contributed by atoms with E-state index >= 15 is 0 Å². The van der Waals surface area contributed by atoms with Crippen LogP contribution in [0.3, 0.4) is 0 Å². The van der Waals surface area contributed by atoms with Gasteiger partial charge < -0.3 is 14.4 Å². The maximum Gasteiger partial charge on any atom is 0.496 e. The smallest absolute Gasteiger partial charge is 0.399 e. The van der Waals surface area contributed by atoms with Crippen molar-refractivity contribution in [3.63, 3.8) is 0 Å². The maximum atomic E-state index is 10.0. The molecule has 1 saturated heterocycles. The van der Waals surface area contributed by atoms with E-state index in [-0.39, 0.29) is 0 Å². The van der Waals surface area contributed by atoms with E-state index < -0.39 is 23.9 Å². The van der Waals surface area contributed by atoms with Crippen LogP contribution in [0.15, 0.2) is 18.2 Å². The van der Waals surface area contributed by atoms with Crippen LogP contribution in [0.2, 0.25) is 5.02 Å². The third kappa shape index (κ3) is 2.75. The molecule has 1 N–H and O–H groups in total. The normalized spacial score (nSPS) is 21.3. The van der Waals surface area contributed by atoms with Gasteiger partial charge in [0.05, 0.1) is 16.8 Å². The highest BCUT2D eigenvalue weighted by Gasteiger charge is 2.52. The van der Waals surface area contributed by atoms with E-state index in [0.717, 1.165) is 11.0 Å². The highest BCUT2D eigenvalue weighted by molar-refractivity contribution is 6.65. The molecular weight excluding hydrogens is 274 g/mol. The first-order valence-electron chi connectivity index (χ1n) is 6.82. The standard InChI is InChI=1S/C15H22BClO3/c1-13(2,18)10-7-8-11(12(17)9-10)16-19-14(3,4)15(5,6)20-16/h7-9,18H,1-6H3. The summed E-state index contributed by atoms with van der Waals surface area (Å²) < 4.78 is 12.0. The Balaban J connectivity index is 2.33. The molecule has 0 radical (unpaired) electrons. The first-order chi connectivity index (χ1) is 8.94. The Bertz CT molecular complexity index is 504. The summed E-state index contributed by atoms with van der Waals surface area (Å²) in [5, 5.41) is 10.6. The van der Waals surface area contributed by atoms with Gasteiger partial charge in [-0.15, -0.1) is 0 Å². The quantitative estimate of drug-likeness (QED) is 0.853. The molecule has 0 saturated carbocycles. The monoisotopic (exact) mass is 296 g/mol. The summed E-state index contributed by atoms with van der Waals surface area (Å²) in [6.45, 7) is 11.5. The summed E-state index contributed by atoms with van der Waals surface area (Å²) in [6, 6.07) is 5.48. The third-order valence-corrected chi connectivity index (χ3v) is 4.54. The minimum absolute atomic E-state index is 0.393. The zero-order valence-electron chi connectivity index (χ0n) is 13.0. The largest absolute Gasteiger partial charge is 0.496 e. The molecule has 0 aromatic heterocycles. The van der Waals surface area contributed by atoms with E-state index in [4.69, 9.17) is 20.9 Å². The number of aliphatic hydroxyl groups is 1. The zero-order chi connectivity index (χ0) is 15.3. The van der Waals surface area contributed by atoms with Crippen molar-refractivity contribution in [1.82, 2.24) is 0 Å².